The van der Waals surface area contributed by atoms with E-state index in [4.69, 9.17) is 4.74 Å². The highest BCUT2D eigenvalue weighted by Gasteiger charge is 2.34. The van der Waals surface area contributed by atoms with Crippen LogP contribution in [-0.2, 0) is 11.3 Å². The molecule has 0 aliphatic carbocycles. The fraction of sp³-hybridized carbons (Fsp3) is 0.143. The molecule has 178 valence electrons. The zero-order valence-corrected chi connectivity index (χ0v) is 20.6. The molecule has 0 fully saturated rings. The normalized spacial score (nSPS) is 14.5. The molecule has 36 heavy (non-hydrogen) atoms. The molecule has 8 heteroatoms. The molecule has 0 radical (unpaired) electrons. The Morgan fingerprint density at radius 3 is 2.42 bits per heavy atom. The topological polar surface area (TPSA) is 76.8 Å². The van der Waals surface area contributed by atoms with Gasteiger partial charge in [0.15, 0.2) is 5.82 Å². The van der Waals surface area contributed by atoms with Gasteiger partial charge in [0, 0.05) is 11.1 Å². The Morgan fingerprint density at radius 2 is 1.69 bits per heavy atom. The van der Waals surface area contributed by atoms with E-state index in [9.17, 15) is 9.59 Å². The van der Waals surface area contributed by atoms with Gasteiger partial charge in [-0.1, -0.05) is 59.4 Å². The van der Waals surface area contributed by atoms with Crippen LogP contribution in [0.3, 0.4) is 0 Å². The van der Waals surface area contributed by atoms with Crippen LogP contribution in [0.2, 0.25) is 0 Å². The second-order valence-corrected chi connectivity index (χ2v) is 9.57. The lowest BCUT2D eigenvalue weighted by molar-refractivity contribution is -0.113. The average molecular weight is 495 g/mol. The first-order valence-electron chi connectivity index (χ1n) is 11.7. The fourth-order valence-electron chi connectivity index (χ4n) is 4.41. The fourth-order valence-corrected chi connectivity index (χ4v) is 5.40. The van der Waals surface area contributed by atoms with Crippen LogP contribution >= 0.6 is 11.3 Å². The molecule has 1 aliphatic heterocycles. The summed E-state index contributed by atoms with van der Waals surface area (Å²) in [5, 5.41) is 4.45. The number of nitrogens with zero attached hydrogens (tertiary/aromatic N) is 4. The van der Waals surface area contributed by atoms with Gasteiger partial charge in [0.2, 0.25) is 4.96 Å². The average Bonchev–Trinajstić information content (AvgIpc) is 3.52. The Labute approximate surface area is 210 Å². The smallest absolute Gasteiger partial charge is 0.291 e. The number of amides is 1. The van der Waals surface area contributed by atoms with Crippen LogP contribution in [0.1, 0.15) is 23.6 Å². The molecule has 3 heterocycles. The highest BCUT2D eigenvalue weighted by atomic mass is 32.1. The van der Waals surface area contributed by atoms with Gasteiger partial charge in [-0.15, -0.1) is 5.10 Å². The van der Waals surface area contributed by atoms with Crippen molar-refractivity contribution in [1.29, 1.82) is 0 Å². The Balaban J connectivity index is 1.43. The number of carbonyl (C=O) groups excluding carboxylic acids is 1. The largest absolute Gasteiger partial charge is 0.494 e. The minimum Gasteiger partial charge on any atom is -0.494 e. The van der Waals surface area contributed by atoms with Gasteiger partial charge >= 0.3 is 0 Å². The van der Waals surface area contributed by atoms with Crippen molar-refractivity contribution in [2.45, 2.75) is 20.4 Å². The van der Waals surface area contributed by atoms with Crippen LogP contribution in [0.5, 0.6) is 5.75 Å². The maximum atomic E-state index is 13.7. The van der Waals surface area contributed by atoms with E-state index in [1.165, 1.54) is 15.9 Å². The number of benzene rings is 3. The second-order valence-electron chi connectivity index (χ2n) is 8.59. The van der Waals surface area contributed by atoms with Gasteiger partial charge in [-0.25, -0.2) is 0 Å². The van der Waals surface area contributed by atoms with E-state index in [1.54, 1.807) is 4.90 Å². The summed E-state index contributed by atoms with van der Waals surface area (Å²) in [5.74, 6) is 1.03. The van der Waals surface area contributed by atoms with Crippen LogP contribution in [0.25, 0.3) is 21.9 Å². The van der Waals surface area contributed by atoms with Crippen molar-refractivity contribution < 1.29 is 9.53 Å². The number of carbonyl (C=O) groups is 1. The summed E-state index contributed by atoms with van der Waals surface area (Å²) in [4.78, 5) is 33.8. The quantitative estimate of drug-likeness (QED) is 0.369. The summed E-state index contributed by atoms with van der Waals surface area (Å²) in [6.45, 7) is 4.98. The predicted molar refractivity (Wildman–Crippen MR) is 140 cm³/mol. The summed E-state index contributed by atoms with van der Waals surface area (Å²) >= 11 is 1.19. The number of rotatable bonds is 5. The molecule has 0 saturated carbocycles. The third-order valence-electron chi connectivity index (χ3n) is 6.19. The number of hydrogen-bond acceptors (Lipinski definition) is 6. The molecule has 6 rings (SSSR count). The Morgan fingerprint density at radius 1 is 0.944 bits per heavy atom. The highest BCUT2D eigenvalue weighted by molar-refractivity contribution is 7.15. The number of para-hydroxylation sites is 1. The molecule has 0 atom stereocenters. The van der Waals surface area contributed by atoms with E-state index in [1.807, 2.05) is 86.6 Å². The van der Waals surface area contributed by atoms with Crippen LogP contribution < -0.4 is 19.7 Å². The second kappa shape index (κ2) is 8.73. The van der Waals surface area contributed by atoms with Gasteiger partial charge < -0.3 is 9.64 Å². The van der Waals surface area contributed by atoms with Crippen molar-refractivity contribution in [3.05, 3.63) is 104 Å². The maximum absolute atomic E-state index is 13.7. The molecular formula is C28H22N4O3S. The molecule has 0 bridgehead atoms. The number of anilines is 1. The van der Waals surface area contributed by atoms with Gasteiger partial charge in [-0.3, -0.25) is 9.59 Å². The molecule has 3 aromatic carbocycles. The standard InChI is InChI=1S/C28H22N4O3S/c1-3-35-20-14-12-19(13-15-20)25-29-28-32(30-25)27(34)24(36-28)23-21-6-4-5-7-22(21)31(26(23)33)16-18-10-8-17(2)9-11-18/h4-15H,3,16H2,1-2H3/b24-23-. The van der Waals surface area contributed by atoms with Crippen LogP contribution in [0.4, 0.5) is 5.69 Å². The van der Waals surface area contributed by atoms with E-state index in [0.29, 0.717) is 34.0 Å². The first-order chi connectivity index (χ1) is 17.5. The van der Waals surface area contributed by atoms with Crippen LogP contribution in [0.15, 0.2) is 77.6 Å². The van der Waals surface area contributed by atoms with E-state index in [0.717, 1.165) is 33.7 Å². The van der Waals surface area contributed by atoms with Gasteiger partial charge in [0.1, 0.15) is 10.3 Å². The van der Waals surface area contributed by atoms with Crippen molar-refractivity contribution in [3.63, 3.8) is 0 Å². The number of aryl methyl sites for hydroxylation is 1. The van der Waals surface area contributed by atoms with Crippen molar-refractivity contribution in [2.75, 3.05) is 11.5 Å². The third kappa shape index (κ3) is 3.67. The number of thiazole rings is 1. The summed E-state index contributed by atoms with van der Waals surface area (Å²) in [6, 6.07) is 23.1. The number of fused-ring (bicyclic) bond motifs is 2. The molecule has 2 aromatic heterocycles. The summed E-state index contributed by atoms with van der Waals surface area (Å²) in [7, 11) is 0. The molecule has 0 spiro atoms. The zero-order chi connectivity index (χ0) is 24.8. The summed E-state index contributed by atoms with van der Waals surface area (Å²) < 4.78 is 7.13. The number of aromatic nitrogens is 3. The number of ether oxygens (including phenoxy) is 1. The van der Waals surface area contributed by atoms with Gasteiger partial charge in [-0.2, -0.15) is 9.50 Å². The SMILES string of the molecule is CCOc1ccc(-c2nc3s/c(=C4\C(=O)N(Cc5ccc(C)cc5)c5ccccc54)c(=O)n3n2)cc1. The minimum atomic E-state index is -0.338. The molecule has 0 saturated heterocycles. The molecule has 1 aliphatic rings. The first-order valence-corrected chi connectivity index (χ1v) is 12.5. The zero-order valence-electron chi connectivity index (χ0n) is 19.8. The minimum absolute atomic E-state index is 0.190. The molecule has 0 N–H and O–H groups in total. The Hall–Kier alpha value is -4.30. The predicted octanol–water partition coefficient (Wildman–Crippen LogP) is 3.99. The van der Waals surface area contributed by atoms with E-state index in [2.05, 4.69) is 10.1 Å². The lowest BCUT2D eigenvalue weighted by atomic mass is 10.1. The van der Waals surface area contributed by atoms with Crippen molar-refractivity contribution in [3.8, 4) is 17.1 Å². The van der Waals surface area contributed by atoms with Crippen molar-refractivity contribution in [1.82, 2.24) is 14.6 Å². The van der Waals surface area contributed by atoms with Crippen molar-refractivity contribution in [2.24, 2.45) is 0 Å². The Kier molecular flexibility index (Phi) is 5.38. The third-order valence-corrected chi connectivity index (χ3v) is 7.22. The molecular weight excluding hydrogens is 472 g/mol. The van der Waals surface area contributed by atoms with E-state index < -0.39 is 0 Å². The molecule has 7 nitrogen and oxygen atoms in total. The molecule has 1 amide bonds. The van der Waals surface area contributed by atoms with Crippen molar-refractivity contribution >= 4 is 33.5 Å². The van der Waals surface area contributed by atoms with Crippen LogP contribution in [0, 0.1) is 6.92 Å². The Bertz CT molecular complexity index is 1720. The number of hydrogen-bond donors (Lipinski definition) is 0. The van der Waals surface area contributed by atoms with Crippen LogP contribution in [-0.4, -0.2) is 27.1 Å². The van der Waals surface area contributed by atoms with Gasteiger partial charge in [0.05, 0.1) is 24.4 Å². The highest BCUT2D eigenvalue weighted by Crippen LogP contribution is 2.36. The van der Waals surface area contributed by atoms with Gasteiger partial charge in [0.25, 0.3) is 11.5 Å². The maximum Gasteiger partial charge on any atom is 0.291 e. The lowest BCUT2D eigenvalue weighted by Crippen LogP contribution is -2.32. The summed E-state index contributed by atoms with van der Waals surface area (Å²) in [5.41, 5.74) is 4.59. The summed E-state index contributed by atoms with van der Waals surface area (Å²) in [6.07, 6.45) is 0. The van der Waals surface area contributed by atoms with E-state index >= 15 is 0 Å². The van der Waals surface area contributed by atoms with Gasteiger partial charge in [-0.05, 0) is 49.7 Å². The van der Waals surface area contributed by atoms with E-state index in [-0.39, 0.29) is 11.5 Å². The lowest BCUT2D eigenvalue weighted by Gasteiger charge is -2.17. The molecule has 0 unspecified atom stereocenters. The first kappa shape index (κ1) is 22.2. The molecule has 5 aromatic rings. The monoisotopic (exact) mass is 494 g/mol.